The highest BCUT2D eigenvalue weighted by atomic mass is 19.4. The first-order chi connectivity index (χ1) is 9.04. The molecule has 2 aliphatic rings. The van der Waals surface area contributed by atoms with E-state index in [4.69, 9.17) is 0 Å². The van der Waals surface area contributed by atoms with E-state index in [9.17, 15) is 13.2 Å². The molecule has 3 rings (SSSR count). The van der Waals surface area contributed by atoms with Crippen molar-refractivity contribution in [3.05, 3.63) is 36.0 Å². The Kier molecular flexibility index (Phi) is 2.80. The SMILES string of the molecule is FC(F)(F)c1ccc(N/N=C2/C[C@@H]3C=CC[C@@H]23)nc1. The van der Waals surface area contributed by atoms with Crippen molar-refractivity contribution in [3.8, 4) is 0 Å². The van der Waals surface area contributed by atoms with Gasteiger partial charge in [-0.25, -0.2) is 4.98 Å². The molecule has 2 atom stereocenters. The van der Waals surface area contributed by atoms with Gasteiger partial charge >= 0.3 is 6.18 Å². The summed E-state index contributed by atoms with van der Waals surface area (Å²) in [6.45, 7) is 0. The number of pyridine rings is 1. The number of allylic oxidation sites excluding steroid dienone is 2. The number of aromatic nitrogens is 1. The van der Waals surface area contributed by atoms with Gasteiger partial charge in [-0.1, -0.05) is 12.2 Å². The van der Waals surface area contributed by atoms with E-state index < -0.39 is 11.7 Å². The Morgan fingerprint density at radius 1 is 1.32 bits per heavy atom. The van der Waals surface area contributed by atoms with Crippen LogP contribution in [0.2, 0.25) is 0 Å². The van der Waals surface area contributed by atoms with Crippen LogP contribution in [0.3, 0.4) is 0 Å². The lowest BCUT2D eigenvalue weighted by atomic mass is 9.74. The summed E-state index contributed by atoms with van der Waals surface area (Å²) in [5, 5.41) is 4.22. The van der Waals surface area contributed by atoms with Gasteiger partial charge in [0, 0.05) is 17.8 Å². The van der Waals surface area contributed by atoms with Crippen LogP contribution in [-0.4, -0.2) is 10.7 Å². The average molecular weight is 267 g/mol. The van der Waals surface area contributed by atoms with Gasteiger partial charge in [0.2, 0.25) is 0 Å². The Bertz CT molecular complexity index is 531. The number of rotatable bonds is 2. The first-order valence-electron chi connectivity index (χ1n) is 6.06. The zero-order valence-electron chi connectivity index (χ0n) is 9.98. The van der Waals surface area contributed by atoms with E-state index in [1.807, 2.05) is 0 Å². The molecule has 6 heteroatoms. The molecule has 19 heavy (non-hydrogen) atoms. The minimum Gasteiger partial charge on any atom is -0.261 e. The maximum Gasteiger partial charge on any atom is 0.417 e. The van der Waals surface area contributed by atoms with Gasteiger partial charge in [0.15, 0.2) is 0 Å². The van der Waals surface area contributed by atoms with Crippen molar-refractivity contribution in [1.29, 1.82) is 0 Å². The van der Waals surface area contributed by atoms with E-state index >= 15 is 0 Å². The Balaban J connectivity index is 1.63. The molecule has 1 aromatic heterocycles. The number of nitrogens with one attached hydrogen (secondary N) is 1. The summed E-state index contributed by atoms with van der Waals surface area (Å²) in [6.07, 6.45) is 2.73. The highest BCUT2D eigenvalue weighted by Gasteiger charge is 2.38. The fourth-order valence-corrected chi connectivity index (χ4v) is 2.42. The molecular formula is C13H12F3N3. The molecule has 0 spiro atoms. The predicted molar refractivity (Wildman–Crippen MR) is 65.7 cm³/mol. The van der Waals surface area contributed by atoms with Crippen molar-refractivity contribution in [2.24, 2.45) is 16.9 Å². The van der Waals surface area contributed by atoms with E-state index in [1.165, 1.54) is 6.07 Å². The van der Waals surface area contributed by atoms with Gasteiger partial charge in [-0.3, -0.25) is 5.43 Å². The lowest BCUT2D eigenvalue weighted by Gasteiger charge is -2.31. The van der Waals surface area contributed by atoms with Crippen LogP contribution in [0.25, 0.3) is 0 Å². The third-order valence-corrected chi connectivity index (χ3v) is 3.57. The Hall–Kier alpha value is -1.85. The average Bonchev–Trinajstić information content (AvgIpc) is 2.71. The van der Waals surface area contributed by atoms with Gasteiger partial charge < -0.3 is 0 Å². The summed E-state index contributed by atoms with van der Waals surface area (Å²) >= 11 is 0. The zero-order valence-corrected chi connectivity index (χ0v) is 9.98. The predicted octanol–water partition coefficient (Wildman–Crippen LogP) is 3.46. The van der Waals surface area contributed by atoms with Crippen LogP contribution in [0.15, 0.2) is 35.6 Å². The Morgan fingerprint density at radius 3 is 2.79 bits per heavy atom. The van der Waals surface area contributed by atoms with Crippen molar-refractivity contribution < 1.29 is 13.2 Å². The van der Waals surface area contributed by atoms with E-state index in [-0.39, 0.29) is 0 Å². The van der Waals surface area contributed by atoms with E-state index in [0.29, 0.717) is 17.7 Å². The van der Waals surface area contributed by atoms with E-state index in [1.54, 1.807) is 0 Å². The molecule has 1 heterocycles. The summed E-state index contributed by atoms with van der Waals surface area (Å²) in [6, 6.07) is 2.28. The maximum atomic E-state index is 12.3. The lowest BCUT2D eigenvalue weighted by molar-refractivity contribution is -0.137. The minimum atomic E-state index is -4.35. The second kappa shape index (κ2) is 4.36. The summed E-state index contributed by atoms with van der Waals surface area (Å²) < 4.78 is 37.0. The molecule has 0 bridgehead atoms. The molecule has 1 aromatic rings. The largest absolute Gasteiger partial charge is 0.417 e. The Morgan fingerprint density at radius 2 is 2.16 bits per heavy atom. The first-order valence-corrected chi connectivity index (χ1v) is 6.06. The van der Waals surface area contributed by atoms with Crippen molar-refractivity contribution in [3.63, 3.8) is 0 Å². The van der Waals surface area contributed by atoms with Crippen LogP contribution >= 0.6 is 0 Å². The highest BCUT2D eigenvalue weighted by molar-refractivity contribution is 5.94. The van der Waals surface area contributed by atoms with Crippen LogP contribution < -0.4 is 5.43 Å². The van der Waals surface area contributed by atoms with Crippen LogP contribution in [0.5, 0.6) is 0 Å². The molecule has 0 aromatic carbocycles. The summed E-state index contributed by atoms with van der Waals surface area (Å²) in [7, 11) is 0. The summed E-state index contributed by atoms with van der Waals surface area (Å²) in [4.78, 5) is 3.71. The van der Waals surface area contributed by atoms with Gasteiger partial charge in [-0.2, -0.15) is 18.3 Å². The quantitative estimate of drug-likeness (QED) is 0.658. The van der Waals surface area contributed by atoms with Crippen LogP contribution in [0.1, 0.15) is 18.4 Å². The molecule has 1 fully saturated rings. The Labute approximate surface area is 108 Å². The van der Waals surface area contributed by atoms with Crippen molar-refractivity contribution >= 4 is 11.5 Å². The van der Waals surface area contributed by atoms with Crippen molar-refractivity contribution in [1.82, 2.24) is 4.98 Å². The van der Waals surface area contributed by atoms with Gasteiger partial charge in [0.1, 0.15) is 5.82 Å². The smallest absolute Gasteiger partial charge is 0.261 e. The monoisotopic (exact) mass is 267 g/mol. The van der Waals surface area contributed by atoms with Crippen molar-refractivity contribution in [2.45, 2.75) is 19.0 Å². The van der Waals surface area contributed by atoms with Gasteiger partial charge in [0.05, 0.1) is 5.56 Å². The number of hydrogen-bond donors (Lipinski definition) is 1. The number of fused-ring (bicyclic) bond motifs is 1. The second-order valence-corrected chi connectivity index (χ2v) is 4.78. The number of anilines is 1. The molecule has 0 unspecified atom stereocenters. The molecule has 0 saturated heterocycles. The molecular weight excluding hydrogens is 255 g/mol. The molecule has 0 aliphatic heterocycles. The standard InChI is InChI=1S/C13H12F3N3/c14-13(15,16)9-4-5-12(17-7-9)19-18-11-6-8-2-1-3-10(8)11/h1-2,4-5,7-8,10H,3,6H2,(H,17,19)/b18-11-/t8-,10+/m0/s1. The van der Waals surface area contributed by atoms with E-state index in [2.05, 4.69) is 27.7 Å². The number of halogens is 3. The van der Waals surface area contributed by atoms with Crippen LogP contribution in [0.4, 0.5) is 19.0 Å². The third kappa shape index (κ3) is 2.34. The third-order valence-electron chi connectivity index (χ3n) is 3.57. The summed E-state index contributed by atoms with van der Waals surface area (Å²) in [5.41, 5.74) is 3.03. The van der Waals surface area contributed by atoms with Gasteiger partial charge in [0.25, 0.3) is 0 Å². The van der Waals surface area contributed by atoms with Gasteiger partial charge in [-0.05, 0) is 30.9 Å². The fourth-order valence-electron chi connectivity index (χ4n) is 2.42. The van der Waals surface area contributed by atoms with Crippen LogP contribution in [-0.2, 0) is 6.18 Å². The number of hydrogen-bond acceptors (Lipinski definition) is 3. The zero-order chi connectivity index (χ0) is 13.5. The molecule has 0 amide bonds. The summed E-state index contributed by atoms with van der Waals surface area (Å²) in [5.74, 6) is 1.40. The van der Waals surface area contributed by atoms with Gasteiger partial charge in [-0.15, -0.1) is 0 Å². The molecule has 2 aliphatic carbocycles. The van der Waals surface area contributed by atoms with Crippen LogP contribution in [0, 0.1) is 11.8 Å². The molecule has 1 saturated carbocycles. The molecule has 0 radical (unpaired) electrons. The number of alkyl halides is 3. The normalized spacial score (nSPS) is 27.2. The van der Waals surface area contributed by atoms with E-state index in [0.717, 1.165) is 30.8 Å². The topological polar surface area (TPSA) is 37.3 Å². The first kappa shape index (κ1) is 12.2. The maximum absolute atomic E-state index is 12.3. The molecule has 1 N–H and O–H groups in total. The van der Waals surface area contributed by atoms with Crippen molar-refractivity contribution in [2.75, 3.05) is 5.43 Å². The number of hydrazone groups is 1. The minimum absolute atomic E-state index is 0.329. The molecule has 3 nitrogen and oxygen atoms in total. The second-order valence-electron chi connectivity index (χ2n) is 4.78. The lowest BCUT2D eigenvalue weighted by Crippen LogP contribution is -2.33. The molecule has 100 valence electrons. The number of nitrogens with zero attached hydrogens (tertiary/aromatic N) is 2. The fraction of sp³-hybridized carbons (Fsp3) is 0.385. The highest BCUT2D eigenvalue weighted by Crippen LogP contribution is 2.40.